The highest BCUT2D eigenvalue weighted by Gasteiger charge is 2.37. The Morgan fingerprint density at radius 2 is 1.76 bits per heavy atom. The summed E-state index contributed by atoms with van der Waals surface area (Å²) >= 11 is 0. The van der Waals surface area contributed by atoms with E-state index in [4.69, 9.17) is 0 Å². The second-order valence-corrected chi connectivity index (χ2v) is 9.01. The van der Waals surface area contributed by atoms with Gasteiger partial charge in [0, 0.05) is 44.0 Å². The van der Waals surface area contributed by atoms with Crippen molar-refractivity contribution in [2.75, 3.05) is 26.2 Å². The summed E-state index contributed by atoms with van der Waals surface area (Å²) in [5.41, 5.74) is 2.06. The Hall–Kier alpha value is -2.27. The van der Waals surface area contributed by atoms with Crippen molar-refractivity contribution in [2.24, 2.45) is 5.92 Å². The summed E-state index contributed by atoms with van der Waals surface area (Å²) < 4.78 is 0. The number of rotatable bonds is 6. The van der Waals surface area contributed by atoms with E-state index in [1.165, 1.54) is 31.2 Å². The topological polar surface area (TPSA) is 49.3 Å². The molecule has 4 aliphatic rings. The minimum atomic E-state index is 0.119. The highest BCUT2D eigenvalue weighted by Crippen LogP contribution is 2.37. The summed E-state index contributed by atoms with van der Waals surface area (Å²) in [5, 5.41) is 0. The van der Waals surface area contributed by atoms with Crippen LogP contribution in [0.25, 0.3) is 0 Å². The van der Waals surface area contributed by atoms with Crippen LogP contribution in [0.5, 0.6) is 0 Å². The standard InChI is InChI=1S/C24H30N4O/c29-24(21-13-25-23(26-14-21)20-9-10-20)28-16-19-8-11-22(28)17-27(15-19)12-4-7-18-5-2-1-3-6-18/h1-3,5-6,13-14,19-20,22H,4,7-12,15-17H2/t19-,22+/m0/s1. The second-order valence-electron chi connectivity index (χ2n) is 9.01. The number of aryl methyl sites for hydroxylation is 1. The van der Waals surface area contributed by atoms with Gasteiger partial charge < -0.3 is 9.80 Å². The Morgan fingerprint density at radius 3 is 2.52 bits per heavy atom. The maximum Gasteiger partial charge on any atom is 0.257 e. The molecule has 4 fully saturated rings. The molecule has 1 saturated carbocycles. The number of nitrogens with zero attached hydrogens (tertiary/aromatic N) is 4. The molecule has 5 nitrogen and oxygen atoms in total. The maximum absolute atomic E-state index is 13.2. The fourth-order valence-electron chi connectivity index (χ4n) is 4.93. The lowest BCUT2D eigenvalue weighted by molar-refractivity contribution is 0.0584. The molecule has 2 aromatic rings. The smallest absolute Gasteiger partial charge is 0.257 e. The molecule has 3 aliphatic heterocycles. The molecule has 6 rings (SSSR count). The summed E-state index contributed by atoms with van der Waals surface area (Å²) in [7, 11) is 0. The molecule has 1 aliphatic carbocycles. The molecule has 29 heavy (non-hydrogen) atoms. The number of carbonyl (C=O) groups excluding carboxylic acids is 1. The van der Waals surface area contributed by atoms with E-state index < -0.39 is 0 Å². The van der Waals surface area contributed by atoms with E-state index >= 15 is 0 Å². The van der Waals surface area contributed by atoms with Crippen LogP contribution < -0.4 is 0 Å². The molecule has 1 amide bonds. The number of aromatic nitrogens is 2. The molecule has 3 saturated heterocycles. The zero-order valence-electron chi connectivity index (χ0n) is 17.0. The monoisotopic (exact) mass is 390 g/mol. The largest absolute Gasteiger partial charge is 0.334 e. The van der Waals surface area contributed by atoms with Crippen LogP contribution in [-0.4, -0.2) is 57.9 Å². The van der Waals surface area contributed by atoms with Gasteiger partial charge in [-0.3, -0.25) is 4.79 Å². The molecule has 5 heteroatoms. The van der Waals surface area contributed by atoms with E-state index in [1.807, 2.05) is 0 Å². The molecule has 0 spiro atoms. The Kier molecular flexibility index (Phi) is 5.32. The Bertz CT molecular complexity index is 834. The molecule has 152 valence electrons. The average Bonchev–Trinajstić information content (AvgIpc) is 3.62. The number of amides is 1. The minimum Gasteiger partial charge on any atom is -0.334 e. The van der Waals surface area contributed by atoms with Crippen molar-refractivity contribution >= 4 is 5.91 Å². The van der Waals surface area contributed by atoms with Gasteiger partial charge in [0.1, 0.15) is 5.82 Å². The van der Waals surface area contributed by atoms with Crippen molar-refractivity contribution in [3.63, 3.8) is 0 Å². The SMILES string of the molecule is O=C(c1cnc(C2CC2)nc1)N1C[C@H]2CC[C@@H]1CN(CCCc1ccccc1)C2. The summed E-state index contributed by atoms with van der Waals surface area (Å²) in [4.78, 5) is 26.8. The van der Waals surface area contributed by atoms with Gasteiger partial charge in [0.2, 0.25) is 0 Å². The fourth-order valence-corrected chi connectivity index (χ4v) is 4.93. The molecule has 0 radical (unpaired) electrons. The van der Waals surface area contributed by atoms with Crippen molar-refractivity contribution in [3.05, 3.63) is 59.7 Å². The first-order valence-corrected chi connectivity index (χ1v) is 11.2. The number of hydrogen-bond donors (Lipinski definition) is 0. The Balaban J connectivity index is 1.20. The summed E-state index contributed by atoms with van der Waals surface area (Å²) in [5.74, 6) is 2.13. The van der Waals surface area contributed by atoms with E-state index in [2.05, 4.69) is 50.1 Å². The van der Waals surface area contributed by atoms with Gasteiger partial charge in [-0.1, -0.05) is 30.3 Å². The predicted molar refractivity (Wildman–Crippen MR) is 113 cm³/mol. The minimum absolute atomic E-state index is 0.119. The summed E-state index contributed by atoms with van der Waals surface area (Å²) in [6.45, 7) is 4.11. The van der Waals surface area contributed by atoms with Gasteiger partial charge in [-0.05, 0) is 56.6 Å². The number of hydrogen-bond acceptors (Lipinski definition) is 4. The van der Waals surface area contributed by atoms with Gasteiger partial charge in [0.25, 0.3) is 5.91 Å². The third-order valence-corrected chi connectivity index (χ3v) is 6.69. The second kappa shape index (κ2) is 8.23. The highest BCUT2D eigenvalue weighted by molar-refractivity contribution is 5.94. The predicted octanol–water partition coefficient (Wildman–Crippen LogP) is 3.52. The first-order valence-electron chi connectivity index (χ1n) is 11.2. The number of benzene rings is 1. The number of carbonyl (C=O) groups is 1. The van der Waals surface area contributed by atoms with Crippen molar-refractivity contribution in [1.82, 2.24) is 19.8 Å². The molecule has 2 bridgehead atoms. The lowest BCUT2D eigenvalue weighted by atomic mass is 9.94. The van der Waals surface area contributed by atoms with E-state index in [9.17, 15) is 4.79 Å². The quantitative estimate of drug-likeness (QED) is 0.757. The number of fused-ring (bicyclic) bond motifs is 4. The molecule has 1 aromatic heterocycles. The maximum atomic E-state index is 13.2. The van der Waals surface area contributed by atoms with Gasteiger partial charge >= 0.3 is 0 Å². The summed E-state index contributed by atoms with van der Waals surface area (Å²) in [6, 6.07) is 11.1. The molecule has 0 N–H and O–H groups in total. The fraction of sp³-hybridized carbons (Fsp3) is 0.542. The van der Waals surface area contributed by atoms with Crippen molar-refractivity contribution in [1.29, 1.82) is 0 Å². The van der Waals surface area contributed by atoms with Crippen molar-refractivity contribution < 1.29 is 4.79 Å². The zero-order valence-corrected chi connectivity index (χ0v) is 17.0. The molecule has 4 heterocycles. The van der Waals surface area contributed by atoms with Crippen LogP contribution in [0.15, 0.2) is 42.7 Å². The lowest BCUT2D eigenvalue weighted by Gasteiger charge is -2.36. The van der Waals surface area contributed by atoms with Crippen LogP contribution in [0.4, 0.5) is 0 Å². The van der Waals surface area contributed by atoms with Gasteiger partial charge in [0.05, 0.1) is 5.56 Å². The first kappa shape index (κ1) is 18.7. The lowest BCUT2D eigenvalue weighted by Crippen LogP contribution is -2.47. The van der Waals surface area contributed by atoms with Crippen molar-refractivity contribution in [3.8, 4) is 0 Å². The molecular formula is C24H30N4O. The van der Waals surface area contributed by atoms with E-state index in [0.717, 1.165) is 44.8 Å². The molecule has 2 atom stereocenters. The molecule has 1 aromatic carbocycles. The Labute approximate surface area is 173 Å². The van der Waals surface area contributed by atoms with Crippen LogP contribution in [0.3, 0.4) is 0 Å². The van der Waals surface area contributed by atoms with E-state index in [1.54, 1.807) is 12.4 Å². The normalized spacial score (nSPS) is 24.5. The van der Waals surface area contributed by atoms with Gasteiger partial charge in [-0.2, -0.15) is 0 Å². The van der Waals surface area contributed by atoms with Gasteiger partial charge in [-0.25, -0.2) is 9.97 Å². The summed E-state index contributed by atoms with van der Waals surface area (Å²) in [6.07, 6.45) is 10.5. The van der Waals surface area contributed by atoms with E-state index in [-0.39, 0.29) is 5.91 Å². The van der Waals surface area contributed by atoms with Gasteiger partial charge in [-0.15, -0.1) is 0 Å². The Morgan fingerprint density at radius 1 is 0.966 bits per heavy atom. The third-order valence-electron chi connectivity index (χ3n) is 6.69. The van der Waals surface area contributed by atoms with Crippen LogP contribution in [0.1, 0.15) is 59.8 Å². The highest BCUT2D eigenvalue weighted by atomic mass is 16.2. The van der Waals surface area contributed by atoms with Crippen molar-refractivity contribution in [2.45, 2.75) is 50.5 Å². The zero-order chi connectivity index (χ0) is 19.6. The first-order chi connectivity index (χ1) is 14.3. The van der Waals surface area contributed by atoms with Crippen LogP contribution in [0.2, 0.25) is 0 Å². The van der Waals surface area contributed by atoms with Crippen LogP contribution >= 0.6 is 0 Å². The van der Waals surface area contributed by atoms with Crippen LogP contribution in [-0.2, 0) is 6.42 Å². The number of piperidine rings is 1. The van der Waals surface area contributed by atoms with Crippen LogP contribution in [0, 0.1) is 5.92 Å². The van der Waals surface area contributed by atoms with E-state index in [0.29, 0.717) is 23.4 Å². The third kappa shape index (κ3) is 4.35. The van der Waals surface area contributed by atoms with Gasteiger partial charge in [0.15, 0.2) is 0 Å². The molecule has 0 unspecified atom stereocenters. The average molecular weight is 391 g/mol. The molecular weight excluding hydrogens is 360 g/mol.